The zero-order valence-electron chi connectivity index (χ0n) is 5.95. The van der Waals surface area contributed by atoms with Gasteiger partial charge in [0.25, 0.3) is 0 Å². The highest BCUT2D eigenvalue weighted by Gasteiger charge is 2.44. The van der Waals surface area contributed by atoms with E-state index < -0.39 is 0 Å². The van der Waals surface area contributed by atoms with Crippen LogP contribution < -0.4 is 4.90 Å². The number of nitrogens with one attached hydrogen (secondary N) is 1. The van der Waals surface area contributed by atoms with Crippen molar-refractivity contribution in [2.24, 2.45) is 0 Å². The number of hydrogen-bond donors (Lipinski definition) is 1. The van der Waals surface area contributed by atoms with E-state index in [1.54, 1.807) is 4.90 Å². The van der Waals surface area contributed by atoms with Gasteiger partial charge in [0.05, 0.1) is 12.1 Å². The fourth-order valence-corrected chi connectivity index (χ4v) is 2.29. The van der Waals surface area contributed by atoms with E-state index in [1.165, 1.54) is 38.6 Å². The molecule has 0 aromatic heterocycles. The molecule has 1 unspecified atom stereocenters. The van der Waals surface area contributed by atoms with E-state index in [-0.39, 0.29) is 0 Å². The molecule has 1 N–H and O–H groups in total. The molecule has 1 aliphatic carbocycles. The van der Waals surface area contributed by atoms with E-state index in [4.69, 9.17) is 0 Å². The van der Waals surface area contributed by atoms with Crippen molar-refractivity contribution >= 4 is 0 Å². The van der Waals surface area contributed by atoms with Gasteiger partial charge in [-0.25, -0.2) is 0 Å². The fourth-order valence-electron chi connectivity index (χ4n) is 2.29. The van der Waals surface area contributed by atoms with Crippen LogP contribution in [0.15, 0.2) is 0 Å². The summed E-state index contributed by atoms with van der Waals surface area (Å²) in [4.78, 5) is 1.56. The van der Waals surface area contributed by atoms with Gasteiger partial charge in [-0.05, 0) is 6.42 Å². The number of rotatable bonds is 0. The van der Waals surface area contributed by atoms with Crippen LogP contribution in [0.1, 0.15) is 32.1 Å². The minimum absolute atomic E-state index is 0.681. The molecular weight excluding hydrogens is 110 g/mol. The summed E-state index contributed by atoms with van der Waals surface area (Å²) in [6.07, 6.45) is 7.22. The van der Waals surface area contributed by atoms with Crippen LogP contribution in [0.5, 0.6) is 0 Å². The summed E-state index contributed by atoms with van der Waals surface area (Å²) in [7, 11) is 4.13. The molecule has 0 bridgehead atoms. The first kappa shape index (κ1) is 5.72. The highest BCUT2D eigenvalue weighted by Crippen LogP contribution is 2.35. The summed E-state index contributed by atoms with van der Waals surface area (Å²) in [5.74, 6) is 0. The Kier molecular flexibility index (Phi) is 1.10. The molecule has 1 aliphatic heterocycles. The molecule has 9 heavy (non-hydrogen) atoms. The van der Waals surface area contributed by atoms with E-state index in [0.29, 0.717) is 5.54 Å². The Bertz CT molecular complexity index is 116. The van der Waals surface area contributed by atoms with Gasteiger partial charge in [-0.2, -0.15) is 7.05 Å². The van der Waals surface area contributed by atoms with Crippen molar-refractivity contribution in [1.29, 1.82) is 0 Å². The van der Waals surface area contributed by atoms with Crippen molar-refractivity contribution in [2.75, 3.05) is 6.54 Å². The molecule has 1 saturated heterocycles. The molecule has 52 valence electrons. The van der Waals surface area contributed by atoms with Crippen molar-refractivity contribution in [3.8, 4) is 0 Å². The quantitative estimate of drug-likeness (QED) is 0.446. The normalized spacial score (nSPS) is 39.0. The van der Waals surface area contributed by atoms with Crippen LogP contribution in [0.3, 0.4) is 0 Å². The van der Waals surface area contributed by atoms with Crippen molar-refractivity contribution in [3.63, 3.8) is 0 Å². The minimum Gasteiger partial charge on any atom is -0.463 e. The van der Waals surface area contributed by atoms with Gasteiger partial charge in [-0.1, -0.05) is 0 Å². The second-order valence-electron chi connectivity index (χ2n) is 3.59. The average molecular weight is 125 g/mol. The Hall–Kier alpha value is -0.0400. The number of likely N-dealkylation sites (tertiary alicyclic amines) is 1. The van der Waals surface area contributed by atoms with Crippen molar-refractivity contribution in [2.45, 2.75) is 37.6 Å². The summed E-state index contributed by atoms with van der Waals surface area (Å²) < 4.78 is 0. The zero-order chi connectivity index (χ0) is 6.32. The van der Waals surface area contributed by atoms with Crippen LogP contribution in [-0.2, 0) is 0 Å². The predicted molar refractivity (Wildman–Crippen MR) is 37.0 cm³/mol. The Morgan fingerprint density at radius 2 is 1.78 bits per heavy atom. The maximum Gasteiger partial charge on any atom is 0.0740 e. The van der Waals surface area contributed by atoms with E-state index in [1.807, 2.05) is 0 Å². The maximum atomic E-state index is 4.13. The summed E-state index contributed by atoms with van der Waals surface area (Å²) >= 11 is 0. The SMILES string of the molecule is [CH2-][NH+]1CCCC12CCC2. The molecule has 0 radical (unpaired) electrons. The molecule has 0 aromatic rings. The Labute approximate surface area is 57.0 Å². The standard InChI is InChI=1S/C8H15N/c1-9-7-3-6-8(9)4-2-5-8/h9H,1-7H2. The smallest absolute Gasteiger partial charge is 0.0740 e. The van der Waals surface area contributed by atoms with E-state index >= 15 is 0 Å². The predicted octanol–water partition coefficient (Wildman–Crippen LogP) is 0.379. The molecule has 0 amide bonds. The largest absolute Gasteiger partial charge is 0.463 e. The van der Waals surface area contributed by atoms with Crippen molar-refractivity contribution in [1.82, 2.24) is 0 Å². The van der Waals surface area contributed by atoms with Gasteiger partial charge in [0.2, 0.25) is 0 Å². The molecule has 1 spiro atoms. The number of quaternary nitrogens is 1. The topological polar surface area (TPSA) is 4.44 Å². The molecule has 1 saturated carbocycles. The van der Waals surface area contributed by atoms with Gasteiger partial charge in [-0.3, -0.25) is 0 Å². The second kappa shape index (κ2) is 1.72. The monoisotopic (exact) mass is 125 g/mol. The van der Waals surface area contributed by atoms with Crippen molar-refractivity contribution < 1.29 is 4.90 Å². The van der Waals surface area contributed by atoms with Gasteiger partial charge < -0.3 is 4.90 Å². The van der Waals surface area contributed by atoms with Crippen LogP contribution >= 0.6 is 0 Å². The van der Waals surface area contributed by atoms with E-state index in [9.17, 15) is 0 Å². The van der Waals surface area contributed by atoms with Crippen LogP contribution in [0.2, 0.25) is 0 Å². The Morgan fingerprint density at radius 1 is 1.11 bits per heavy atom. The molecule has 1 nitrogen and oxygen atoms in total. The molecule has 2 aliphatic rings. The second-order valence-corrected chi connectivity index (χ2v) is 3.59. The molecule has 2 fully saturated rings. The molecule has 2 rings (SSSR count). The third-order valence-electron chi connectivity index (χ3n) is 3.19. The Morgan fingerprint density at radius 3 is 2.00 bits per heavy atom. The lowest BCUT2D eigenvalue weighted by Gasteiger charge is -2.44. The first-order valence-corrected chi connectivity index (χ1v) is 4.02. The van der Waals surface area contributed by atoms with Gasteiger partial charge in [-0.15, -0.1) is 0 Å². The first-order chi connectivity index (χ1) is 4.33. The van der Waals surface area contributed by atoms with Gasteiger partial charge in [0.15, 0.2) is 0 Å². The molecule has 0 aromatic carbocycles. The minimum atomic E-state index is 0.681. The third-order valence-corrected chi connectivity index (χ3v) is 3.19. The summed E-state index contributed by atoms with van der Waals surface area (Å²) in [6, 6.07) is 0. The lowest BCUT2D eigenvalue weighted by atomic mass is 9.75. The molecule has 1 heterocycles. The van der Waals surface area contributed by atoms with E-state index in [0.717, 1.165) is 0 Å². The Balaban J connectivity index is 2.09. The highest BCUT2D eigenvalue weighted by molar-refractivity contribution is 4.90. The highest BCUT2D eigenvalue weighted by atomic mass is 15.2. The van der Waals surface area contributed by atoms with Crippen molar-refractivity contribution in [3.05, 3.63) is 7.05 Å². The van der Waals surface area contributed by atoms with Crippen LogP contribution in [0, 0.1) is 7.05 Å². The maximum absolute atomic E-state index is 4.13. The average Bonchev–Trinajstić information content (AvgIpc) is 2.07. The van der Waals surface area contributed by atoms with E-state index in [2.05, 4.69) is 7.05 Å². The molecular formula is C8H15N. The lowest BCUT2D eigenvalue weighted by Crippen LogP contribution is -3.14. The van der Waals surface area contributed by atoms with Gasteiger partial charge in [0, 0.05) is 25.7 Å². The summed E-state index contributed by atoms with van der Waals surface area (Å²) in [5.41, 5.74) is 0.681. The van der Waals surface area contributed by atoms with Crippen LogP contribution in [0.4, 0.5) is 0 Å². The van der Waals surface area contributed by atoms with Gasteiger partial charge >= 0.3 is 0 Å². The molecule has 1 heteroatoms. The fraction of sp³-hybridized carbons (Fsp3) is 0.875. The number of hydrogen-bond acceptors (Lipinski definition) is 0. The van der Waals surface area contributed by atoms with Crippen LogP contribution in [0.25, 0.3) is 0 Å². The third kappa shape index (κ3) is 0.644. The zero-order valence-corrected chi connectivity index (χ0v) is 5.95. The van der Waals surface area contributed by atoms with Crippen LogP contribution in [-0.4, -0.2) is 12.1 Å². The first-order valence-electron chi connectivity index (χ1n) is 4.02. The summed E-state index contributed by atoms with van der Waals surface area (Å²) in [6.45, 7) is 1.32. The lowest BCUT2D eigenvalue weighted by molar-refractivity contribution is -0.903. The summed E-state index contributed by atoms with van der Waals surface area (Å²) in [5, 5.41) is 0. The van der Waals surface area contributed by atoms with Gasteiger partial charge in [0.1, 0.15) is 0 Å². The molecule has 1 atom stereocenters.